The van der Waals surface area contributed by atoms with Gasteiger partial charge in [0.15, 0.2) is 0 Å². The molecule has 1 aromatic carbocycles. The first kappa shape index (κ1) is 18.4. The summed E-state index contributed by atoms with van der Waals surface area (Å²) in [6.45, 7) is 6.32. The number of imidazole rings is 1. The highest BCUT2D eigenvalue weighted by molar-refractivity contribution is 5.54. The van der Waals surface area contributed by atoms with Crippen LogP contribution in [0.4, 0.5) is 5.95 Å². The van der Waals surface area contributed by atoms with Crippen LogP contribution in [-0.4, -0.2) is 51.2 Å². The molecule has 1 saturated heterocycles. The summed E-state index contributed by atoms with van der Waals surface area (Å²) in [7, 11) is 0. The molecule has 7 heteroatoms. The fourth-order valence-corrected chi connectivity index (χ4v) is 4.87. The summed E-state index contributed by atoms with van der Waals surface area (Å²) in [5, 5.41) is 4.26. The molecule has 1 N–H and O–H groups in total. The Morgan fingerprint density at radius 3 is 2.76 bits per heavy atom. The Morgan fingerprint density at radius 1 is 1.14 bits per heavy atom. The Morgan fingerprint density at radius 2 is 1.97 bits per heavy atom. The summed E-state index contributed by atoms with van der Waals surface area (Å²) in [6, 6.07) is 9.95. The van der Waals surface area contributed by atoms with Gasteiger partial charge >= 0.3 is 0 Å². The Hall–Kier alpha value is -2.67. The minimum Gasteiger partial charge on any atom is -0.348 e. The van der Waals surface area contributed by atoms with Gasteiger partial charge in [-0.25, -0.2) is 4.98 Å². The van der Waals surface area contributed by atoms with Crippen molar-refractivity contribution in [1.82, 2.24) is 25.0 Å². The van der Waals surface area contributed by atoms with Gasteiger partial charge in [0.1, 0.15) is 0 Å². The summed E-state index contributed by atoms with van der Waals surface area (Å²) in [5.74, 6) is 1.27. The lowest BCUT2D eigenvalue weighted by Gasteiger charge is -2.50. The summed E-state index contributed by atoms with van der Waals surface area (Å²) in [4.78, 5) is 17.7. The molecule has 0 atom stereocenters. The number of rotatable bonds is 5. The van der Waals surface area contributed by atoms with Crippen molar-refractivity contribution in [3.05, 3.63) is 48.0 Å². The molecule has 152 valence electrons. The van der Waals surface area contributed by atoms with Crippen LogP contribution in [0, 0.1) is 0 Å². The molecule has 0 aliphatic carbocycles. The number of nitrogens with zero attached hydrogens (tertiary/aromatic N) is 5. The van der Waals surface area contributed by atoms with E-state index in [0.29, 0.717) is 11.8 Å². The molecule has 2 aliphatic rings. The van der Waals surface area contributed by atoms with Gasteiger partial charge in [0.2, 0.25) is 0 Å². The third-order valence-electron chi connectivity index (χ3n) is 6.49. The van der Waals surface area contributed by atoms with Crippen LogP contribution in [0.3, 0.4) is 0 Å². The van der Waals surface area contributed by atoms with E-state index in [9.17, 15) is 0 Å². The van der Waals surface area contributed by atoms with Gasteiger partial charge in [0, 0.05) is 37.3 Å². The molecule has 0 saturated carbocycles. The lowest BCUT2D eigenvalue weighted by molar-refractivity contribution is 0.0429. The van der Waals surface area contributed by atoms with Crippen molar-refractivity contribution in [3.8, 4) is 11.5 Å². The lowest BCUT2D eigenvalue weighted by atomic mass is 9.78. The van der Waals surface area contributed by atoms with Gasteiger partial charge in [0.05, 0.1) is 17.6 Å². The van der Waals surface area contributed by atoms with Crippen LogP contribution >= 0.6 is 0 Å². The second kappa shape index (κ2) is 7.63. The van der Waals surface area contributed by atoms with Crippen molar-refractivity contribution >= 4 is 5.95 Å². The number of hydrogen-bond acceptors (Lipinski definition) is 6. The molecule has 2 aromatic heterocycles. The first-order valence-electron chi connectivity index (χ1n) is 10.7. The maximum absolute atomic E-state index is 5.53. The summed E-state index contributed by atoms with van der Waals surface area (Å²) in [6.07, 6.45) is 7.45. The number of unbranched alkanes of at least 4 members (excludes halogenated alkanes) is 1. The Balaban J connectivity index is 1.36. The number of piperidine rings is 1. The largest absolute Gasteiger partial charge is 0.348 e. The molecule has 4 heterocycles. The van der Waals surface area contributed by atoms with Crippen molar-refractivity contribution < 1.29 is 4.52 Å². The average Bonchev–Trinajstić information content (AvgIpc) is 3.45. The minimum atomic E-state index is 0.0330. The SMILES string of the molecule is CCCCN1CCc2[nH]cnc2C12CCN(c1noc(-c3ccccc3)n1)CC2. The molecule has 0 bridgehead atoms. The molecule has 0 radical (unpaired) electrons. The zero-order valence-corrected chi connectivity index (χ0v) is 17.0. The standard InChI is InChI=1S/C22H28N6O/c1-2-3-12-28-13-9-18-19(24-16-23-18)22(28)10-14-27(15-11-22)21-25-20(29-26-21)17-7-5-4-6-8-17/h4-8,16H,2-3,9-15H2,1H3,(H,23,24). The number of fused-ring (bicyclic) bond motifs is 2. The molecule has 5 rings (SSSR count). The predicted molar refractivity (Wildman–Crippen MR) is 112 cm³/mol. The quantitative estimate of drug-likeness (QED) is 0.715. The molecular weight excluding hydrogens is 364 g/mol. The lowest BCUT2D eigenvalue weighted by Crippen LogP contribution is -2.56. The van der Waals surface area contributed by atoms with Crippen molar-refractivity contribution in [1.29, 1.82) is 0 Å². The van der Waals surface area contributed by atoms with Crippen LogP contribution in [-0.2, 0) is 12.0 Å². The maximum Gasteiger partial charge on any atom is 0.266 e. The van der Waals surface area contributed by atoms with Crippen LogP contribution in [0.1, 0.15) is 44.0 Å². The topological polar surface area (TPSA) is 74.1 Å². The summed E-state index contributed by atoms with van der Waals surface area (Å²) in [5.41, 5.74) is 3.57. The van der Waals surface area contributed by atoms with Crippen LogP contribution in [0.5, 0.6) is 0 Å². The van der Waals surface area contributed by atoms with Crippen molar-refractivity contribution in [2.75, 3.05) is 31.1 Å². The van der Waals surface area contributed by atoms with Crippen LogP contribution < -0.4 is 4.90 Å². The molecular formula is C22H28N6O. The summed E-state index contributed by atoms with van der Waals surface area (Å²) < 4.78 is 5.53. The van der Waals surface area contributed by atoms with Gasteiger partial charge in [-0.2, -0.15) is 4.98 Å². The second-order valence-corrected chi connectivity index (χ2v) is 8.10. The van der Waals surface area contributed by atoms with Crippen LogP contribution in [0.15, 0.2) is 41.2 Å². The third kappa shape index (κ3) is 3.23. The highest BCUT2D eigenvalue weighted by Gasteiger charge is 2.46. The van der Waals surface area contributed by atoms with Gasteiger partial charge in [-0.1, -0.05) is 31.5 Å². The molecule has 1 spiro atoms. The van der Waals surface area contributed by atoms with Gasteiger partial charge < -0.3 is 14.4 Å². The fourth-order valence-electron chi connectivity index (χ4n) is 4.87. The number of aromatic nitrogens is 4. The van der Waals surface area contributed by atoms with E-state index >= 15 is 0 Å². The molecule has 7 nitrogen and oxygen atoms in total. The minimum absolute atomic E-state index is 0.0330. The van der Waals surface area contributed by atoms with E-state index in [4.69, 9.17) is 9.51 Å². The highest BCUT2D eigenvalue weighted by Crippen LogP contribution is 2.42. The Bertz CT molecular complexity index is 941. The number of benzene rings is 1. The molecule has 29 heavy (non-hydrogen) atoms. The normalized spacial score (nSPS) is 18.9. The van der Waals surface area contributed by atoms with E-state index in [-0.39, 0.29) is 5.54 Å². The number of nitrogens with one attached hydrogen (secondary N) is 1. The number of H-pyrrole nitrogens is 1. The van der Waals surface area contributed by atoms with Gasteiger partial charge in [0.25, 0.3) is 11.8 Å². The van der Waals surface area contributed by atoms with E-state index in [1.807, 2.05) is 36.7 Å². The Labute approximate surface area is 171 Å². The average molecular weight is 393 g/mol. The van der Waals surface area contributed by atoms with Crippen molar-refractivity contribution in [2.45, 2.75) is 44.6 Å². The van der Waals surface area contributed by atoms with Gasteiger partial charge in [-0.15, -0.1) is 0 Å². The molecule has 0 unspecified atom stereocenters. The molecule has 2 aliphatic heterocycles. The third-order valence-corrected chi connectivity index (χ3v) is 6.49. The van der Waals surface area contributed by atoms with Gasteiger partial charge in [-0.3, -0.25) is 4.90 Å². The number of aromatic amines is 1. The van der Waals surface area contributed by atoms with E-state index < -0.39 is 0 Å². The smallest absolute Gasteiger partial charge is 0.266 e. The number of hydrogen-bond donors (Lipinski definition) is 1. The maximum atomic E-state index is 5.53. The van der Waals surface area contributed by atoms with E-state index in [1.165, 1.54) is 24.2 Å². The zero-order chi connectivity index (χ0) is 19.7. The van der Waals surface area contributed by atoms with Gasteiger partial charge in [-0.05, 0) is 43.1 Å². The number of anilines is 1. The molecule has 1 fully saturated rings. The summed E-state index contributed by atoms with van der Waals surface area (Å²) >= 11 is 0. The molecule has 0 amide bonds. The second-order valence-electron chi connectivity index (χ2n) is 8.10. The first-order valence-corrected chi connectivity index (χ1v) is 10.7. The highest BCUT2D eigenvalue weighted by atomic mass is 16.5. The van der Waals surface area contributed by atoms with E-state index in [1.54, 1.807) is 0 Å². The monoisotopic (exact) mass is 392 g/mol. The first-order chi connectivity index (χ1) is 14.3. The Kier molecular flexibility index (Phi) is 4.83. The fraction of sp³-hybridized carbons (Fsp3) is 0.500. The van der Waals surface area contributed by atoms with E-state index in [0.717, 1.165) is 51.0 Å². The van der Waals surface area contributed by atoms with Crippen molar-refractivity contribution in [2.24, 2.45) is 0 Å². The van der Waals surface area contributed by atoms with Crippen LogP contribution in [0.25, 0.3) is 11.5 Å². The molecule has 3 aromatic rings. The zero-order valence-electron chi connectivity index (χ0n) is 17.0. The van der Waals surface area contributed by atoms with Crippen molar-refractivity contribution in [3.63, 3.8) is 0 Å². The predicted octanol–water partition coefficient (Wildman–Crippen LogP) is 3.61. The van der Waals surface area contributed by atoms with E-state index in [2.05, 4.69) is 31.8 Å². The van der Waals surface area contributed by atoms with Crippen LogP contribution in [0.2, 0.25) is 0 Å².